The molecule has 0 fully saturated rings. The number of H-pyrrole nitrogens is 1. The van der Waals surface area contributed by atoms with Crippen molar-refractivity contribution in [3.8, 4) is 0 Å². The van der Waals surface area contributed by atoms with Crippen molar-refractivity contribution in [3.63, 3.8) is 0 Å². The smallest absolute Gasteiger partial charge is 0.304 e. The highest BCUT2D eigenvalue weighted by molar-refractivity contribution is 7.89. The molecule has 0 bridgehead atoms. The molecule has 1 aliphatic heterocycles. The Hall–Kier alpha value is -3.56. The summed E-state index contributed by atoms with van der Waals surface area (Å²) in [6.07, 6.45) is 1.37. The number of hydrogen-bond donors (Lipinski definition) is 2. The van der Waals surface area contributed by atoms with Crippen molar-refractivity contribution in [2.75, 3.05) is 6.54 Å². The first-order valence-electron chi connectivity index (χ1n) is 11.9. The summed E-state index contributed by atoms with van der Waals surface area (Å²) >= 11 is 0. The van der Waals surface area contributed by atoms with Crippen LogP contribution in [0.25, 0.3) is 11.0 Å². The second kappa shape index (κ2) is 9.48. The summed E-state index contributed by atoms with van der Waals surface area (Å²) in [5.41, 5.74) is 6.69. The Balaban J connectivity index is 1.54. The number of benzene rings is 3. The second-order valence-electron chi connectivity index (χ2n) is 9.36. The fourth-order valence-electron chi connectivity index (χ4n) is 5.12. The topological polar surface area (TPSA) is 116 Å². The lowest BCUT2D eigenvalue weighted by Crippen LogP contribution is -2.31. The summed E-state index contributed by atoms with van der Waals surface area (Å²) in [4.78, 5) is 12.2. The van der Waals surface area contributed by atoms with Gasteiger partial charge in [0, 0.05) is 19.0 Å². The van der Waals surface area contributed by atoms with E-state index in [0.717, 1.165) is 51.7 Å². The van der Waals surface area contributed by atoms with Crippen LogP contribution < -0.4 is 0 Å². The molecule has 0 saturated heterocycles. The molecule has 3 aromatic carbocycles. The van der Waals surface area contributed by atoms with Gasteiger partial charge in [-0.2, -0.15) is 19.7 Å². The van der Waals surface area contributed by atoms with Gasteiger partial charge in [-0.15, -0.1) is 0 Å². The molecule has 1 atom stereocenters. The zero-order valence-corrected chi connectivity index (χ0v) is 21.0. The van der Waals surface area contributed by atoms with Gasteiger partial charge >= 0.3 is 5.97 Å². The summed E-state index contributed by atoms with van der Waals surface area (Å²) in [6.45, 7) is 4.54. The average Bonchev–Trinajstić information content (AvgIpc) is 3.29. The monoisotopic (exact) mass is 504 g/mol. The number of rotatable bonds is 6. The Morgan fingerprint density at radius 2 is 1.92 bits per heavy atom. The minimum atomic E-state index is -3.64. The third-order valence-corrected chi connectivity index (χ3v) is 9.05. The third-order valence-electron chi connectivity index (χ3n) is 7.10. The number of aliphatic carboxylic acids is 1. The molecule has 1 aromatic heterocycles. The minimum absolute atomic E-state index is 0.0952. The first kappa shape index (κ1) is 24.1. The molecular formula is C27H28N4O4S. The van der Waals surface area contributed by atoms with E-state index in [9.17, 15) is 18.3 Å². The van der Waals surface area contributed by atoms with Crippen LogP contribution in [-0.2, 0) is 27.8 Å². The van der Waals surface area contributed by atoms with Crippen LogP contribution >= 0.6 is 0 Å². The fraction of sp³-hybridized carbons (Fsp3) is 0.296. The van der Waals surface area contributed by atoms with Crippen LogP contribution in [0.4, 0.5) is 0 Å². The van der Waals surface area contributed by atoms with Crippen molar-refractivity contribution in [1.82, 2.24) is 19.7 Å². The highest BCUT2D eigenvalue weighted by atomic mass is 32.2. The van der Waals surface area contributed by atoms with Gasteiger partial charge in [-0.05, 0) is 72.2 Å². The Morgan fingerprint density at radius 3 is 2.72 bits per heavy atom. The number of hydrogen-bond acceptors (Lipinski definition) is 5. The van der Waals surface area contributed by atoms with Gasteiger partial charge in [0.1, 0.15) is 11.0 Å². The van der Waals surface area contributed by atoms with Crippen LogP contribution in [-0.4, -0.2) is 45.8 Å². The van der Waals surface area contributed by atoms with Crippen molar-refractivity contribution in [2.24, 2.45) is 0 Å². The molecule has 36 heavy (non-hydrogen) atoms. The number of nitrogens with zero attached hydrogens (tertiary/aromatic N) is 3. The maximum absolute atomic E-state index is 13.5. The van der Waals surface area contributed by atoms with Crippen molar-refractivity contribution >= 4 is 27.0 Å². The van der Waals surface area contributed by atoms with Crippen LogP contribution in [0.2, 0.25) is 0 Å². The van der Waals surface area contributed by atoms with Crippen molar-refractivity contribution in [3.05, 3.63) is 88.0 Å². The number of nitrogens with one attached hydrogen (secondary N) is 1. The van der Waals surface area contributed by atoms with Crippen LogP contribution in [0, 0.1) is 13.8 Å². The lowest BCUT2D eigenvalue weighted by atomic mass is 9.84. The van der Waals surface area contributed by atoms with Crippen LogP contribution in [0.1, 0.15) is 52.1 Å². The van der Waals surface area contributed by atoms with E-state index in [1.807, 2.05) is 56.3 Å². The van der Waals surface area contributed by atoms with E-state index in [1.54, 1.807) is 16.4 Å². The van der Waals surface area contributed by atoms with E-state index >= 15 is 0 Å². The molecule has 4 aromatic rings. The number of carbonyl (C=O) groups is 1. The van der Waals surface area contributed by atoms with Crippen LogP contribution in [0.3, 0.4) is 0 Å². The van der Waals surface area contributed by atoms with Gasteiger partial charge in [-0.25, -0.2) is 8.42 Å². The standard InChI is InChI=1S/C27H28N4O4S/c1-17-9-10-20(23(15-26(32)33)22-11-12-24-27(18(22)2)29-30-28-24)14-21(17)16-31-13-5-7-19-6-3-4-8-25(19)36(31,34)35/h3-4,6,8-12,14,23H,5,7,13,15-16H2,1-2H3,(H,32,33)(H,28,29,30). The largest absolute Gasteiger partial charge is 0.481 e. The molecule has 0 spiro atoms. The molecule has 1 unspecified atom stereocenters. The zero-order valence-electron chi connectivity index (χ0n) is 20.2. The Kier molecular flexibility index (Phi) is 6.36. The Labute approximate surface area is 210 Å². The molecule has 9 heteroatoms. The average molecular weight is 505 g/mol. The summed E-state index contributed by atoms with van der Waals surface area (Å²) in [6, 6.07) is 16.8. The van der Waals surface area contributed by atoms with Gasteiger partial charge in [-0.3, -0.25) is 4.79 Å². The molecule has 5 rings (SSSR count). The molecule has 0 amide bonds. The molecule has 0 radical (unpaired) electrons. The molecule has 2 heterocycles. The van der Waals surface area contributed by atoms with Crippen molar-refractivity contribution in [1.29, 1.82) is 0 Å². The molecule has 0 aliphatic carbocycles. The number of aryl methyl sites for hydroxylation is 3. The second-order valence-corrected chi connectivity index (χ2v) is 11.3. The van der Waals surface area contributed by atoms with Crippen molar-refractivity contribution < 1.29 is 18.3 Å². The van der Waals surface area contributed by atoms with Gasteiger partial charge in [0.15, 0.2) is 0 Å². The summed E-state index contributed by atoms with van der Waals surface area (Å²) < 4.78 is 28.5. The number of carboxylic acids is 1. The number of carboxylic acid groups (broad SMARTS) is 1. The lowest BCUT2D eigenvalue weighted by Gasteiger charge is -2.24. The summed E-state index contributed by atoms with van der Waals surface area (Å²) in [5.74, 6) is -1.32. The minimum Gasteiger partial charge on any atom is -0.481 e. The number of fused-ring (bicyclic) bond motifs is 2. The highest BCUT2D eigenvalue weighted by Crippen LogP contribution is 2.35. The number of aromatic nitrogens is 3. The molecule has 8 nitrogen and oxygen atoms in total. The fourth-order valence-corrected chi connectivity index (χ4v) is 6.83. The summed E-state index contributed by atoms with van der Waals surface area (Å²) in [5, 5.41) is 20.7. The predicted molar refractivity (Wildman–Crippen MR) is 136 cm³/mol. The van der Waals surface area contributed by atoms with Crippen LogP contribution in [0.15, 0.2) is 59.5 Å². The van der Waals surface area contributed by atoms with E-state index in [1.165, 1.54) is 0 Å². The van der Waals surface area contributed by atoms with Crippen LogP contribution in [0.5, 0.6) is 0 Å². The van der Waals surface area contributed by atoms with E-state index in [2.05, 4.69) is 15.4 Å². The first-order valence-corrected chi connectivity index (χ1v) is 13.4. The number of aromatic amines is 1. The normalized spacial score (nSPS) is 16.4. The van der Waals surface area contributed by atoms with Gasteiger partial charge in [0.2, 0.25) is 10.0 Å². The van der Waals surface area contributed by atoms with Gasteiger partial charge in [0.25, 0.3) is 0 Å². The molecular weight excluding hydrogens is 476 g/mol. The first-order chi connectivity index (χ1) is 17.3. The maximum Gasteiger partial charge on any atom is 0.304 e. The van der Waals surface area contributed by atoms with Gasteiger partial charge < -0.3 is 5.11 Å². The molecule has 2 N–H and O–H groups in total. The van der Waals surface area contributed by atoms with E-state index in [0.29, 0.717) is 17.0 Å². The quantitative estimate of drug-likeness (QED) is 0.404. The van der Waals surface area contributed by atoms with E-state index < -0.39 is 21.9 Å². The van der Waals surface area contributed by atoms with Crippen molar-refractivity contribution in [2.45, 2.75) is 50.5 Å². The molecule has 1 aliphatic rings. The SMILES string of the molecule is Cc1ccc(C(CC(=O)O)c2ccc3n[nH]nc3c2C)cc1CN1CCCc2ccccc2S1(=O)=O. The lowest BCUT2D eigenvalue weighted by molar-refractivity contribution is -0.137. The Bertz CT molecular complexity index is 1560. The maximum atomic E-state index is 13.5. The number of sulfonamides is 1. The molecule has 0 saturated carbocycles. The summed E-state index contributed by atoms with van der Waals surface area (Å²) in [7, 11) is -3.64. The Morgan fingerprint density at radius 1 is 1.11 bits per heavy atom. The predicted octanol–water partition coefficient (Wildman–Crippen LogP) is 4.32. The molecule has 186 valence electrons. The zero-order chi connectivity index (χ0) is 25.4. The highest BCUT2D eigenvalue weighted by Gasteiger charge is 2.30. The van der Waals surface area contributed by atoms with Gasteiger partial charge in [-0.1, -0.05) is 42.5 Å². The third kappa shape index (κ3) is 4.40. The van der Waals surface area contributed by atoms with Gasteiger partial charge in [0.05, 0.1) is 11.3 Å². The van der Waals surface area contributed by atoms with E-state index in [-0.39, 0.29) is 13.0 Å². The van der Waals surface area contributed by atoms with E-state index in [4.69, 9.17) is 0 Å².